The highest BCUT2D eigenvalue weighted by Crippen LogP contribution is 2.24. The van der Waals surface area contributed by atoms with Crippen LogP contribution in [0, 0.1) is 0 Å². The molecule has 0 unspecified atom stereocenters. The number of hydrogen-bond donors (Lipinski definition) is 1. The van der Waals surface area contributed by atoms with E-state index in [0.717, 1.165) is 29.8 Å². The molecule has 2 aromatic rings. The van der Waals surface area contributed by atoms with Gasteiger partial charge in [0, 0.05) is 10.5 Å². The van der Waals surface area contributed by atoms with Gasteiger partial charge < -0.3 is 10.1 Å². The Bertz CT molecular complexity index is 534. The molecule has 21 heavy (non-hydrogen) atoms. The van der Waals surface area contributed by atoms with Crippen molar-refractivity contribution in [2.24, 2.45) is 0 Å². The van der Waals surface area contributed by atoms with E-state index in [1.165, 1.54) is 11.1 Å². The smallest absolute Gasteiger partial charge is 0.119 e. The van der Waals surface area contributed by atoms with Gasteiger partial charge in [-0.25, -0.2) is 0 Å². The van der Waals surface area contributed by atoms with Crippen molar-refractivity contribution in [3.05, 3.63) is 53.0 Å². The zero-order chi connectivity index (χ0) is 15.1. The van der Waals surface area contributed by atoms with Crippen LogP contribution < -0.4 is 10.1 Å². The van der Waals surface area contributed by atoms with Crippen molar-refractivity contribution >= 4 is 15.9 Å². The molecule has 0 aliphatic heterocycles. The fourth-order valence-corrected chi connectivity index (χ4v) is 2.30. The monoisotopic (exact) mass is 347 g/mol. The molecule has 0 saturated carbocycles. The standard InChI is InChI=1S/C18H22BrNO/c1-14(2)20-12-3-13-21-18-10-6-16(7-11-18)15-4-8-17(19)9-5-15/h4-11,14,20H,3,12-13H2,1-2H3. The highest BCUT2D eigenvalue weighted by Gasteiger charge is 1.99. The average Bonchev–Trinajstić information content (AvgIpc) is 2.48. The fourth-order valence-electron chi connectivity index (χ4n) is 2.04. The molecule has 112 valence electrons. The first-order valence-electron chi connectivity index (χ1n) is 7.37. The van der Waals surface area contributed by atoms with Crippen LogP contribution >= 0.6 is 15.9 Å². The molecule has 0 amide bonds. The van der Waals surface area contributed by atoms with Gasteiger partial charge in [0.2, 0.25) is 0 Å². The summed E-state index contributed by atoms with van der Waals surface area (Å²) in [6.07, 6.45) is 1.02. The quantitative estimate of drug-likeness (QED) is 0.720. The summed E-state index contributed by atoms with van der Waals surface area (Å²) in [7, 11) is 0. The first-order chi connectivity index (χ1) is 10.1. The molecule has 1 N–H and O–H groups in total. The predicted molar refractivity (Wildman–Crippen MR) is 92.8 cm³/mol. The predicted octanol–water partition coefficient (Wildman–Crippen LogP) is 4.88. The Labute approximate surface area is 135 Å². The summed E-state index contributed by atoms with van der Waals surface area (Å²) in [6.45, 7) is 6.05. The van der Waals surface area contributed by atoms with Crippen molar-refractivity contribution in [3.8, 4) is 16.9 Å². The van der Waals surface area contributed by atoms with Gasteiger partial charge in [0.25, 0.3) is 0 Å². The third-order valence-corrected chi connectivity index (χ3v) is 3.70. The number of halogens is 1. The molecule has 3 heteroatoms. The van der Waals surface area contributed by atoms with Gasteiger partial charge in [0.05, 0.1) is 6.61 Å². The van der Waals surface area contributed by atoms with Crippen LogP contribution in [-0.2, 0) is 0 Å². The largest absolute Gasteiger partial charge is 0.494 e. The molecule has 0 aliphatic rings. The van der Waals surface area contributed by atoms with Gasteiger partial charge in [-0.15, -0.1) is 0 Å². The Balaban J connectivity index is 1.83. The van der Waals surface area contributed by atoms with Gasteiger partial charge in [-0.05, 0) is 48.4 Å². The topological polar surface area (TPSA) is 21.3 Å². The van der Waals surface area contributed by atoms with E-state index in [1.807, 2.05) is 12.1 Å². The maximum atomic E-state index is 5.75. The average molecular weight is 348 g/mol. The maximum absolute atomic E-state index is 5.75. The summed E-state index contributed by atoms with van der Waals surface area (Å²) in [4.78, 5) is 0. The lowest BCUT2D eigenvalue weighted by Gasteiger charge is -2.10. The fraction of sp³-hybridized carbons (Fsp3) is 0.333. The van der Waals surface area contributed by atoms with E-state index in [2.05, 4.69) is 71.5 Å². The van der Waals surface area contributed by atoms with Gasteiger partial charge in [-0.1, -0.05) is 54.0 Å². The van der Waals surface area contributed by atoms with E-state index in [4.69, 9.17) is 4.74 Å². The van der Waals surface area contributed by atoms with Gasteiger partial charge >= 0.3 is 0 Å². The molecule has 2 nitrogen and oxygen atoms in total. The summed E-state index contributed by atoms with van der Waals surface area (Å²) < 4.78 is 6.85. The SMILES string of the molecule is CC(C)NCCCOc1ccc(-c2ccc(Br)cc2)cc1. The van der Waals surface area contributed by atoms with E-state index in [0.29, 0.717) is 6.04 Å². The molecular formula is C18H22BrNO. The van der Waals surface area contributed by atoms with Crippen LogP contribution in [0.25, 0.3) is 11.1 Å². The van der Waals surface area contributed by atoms with Crippen molar-refractivity contribution in [2.45, 2.75) is 26.3 Å². The first kappa shape index (κ1) is 16.1. The van der Waals surface area contributed by atoms with E-state index >= 15 is 0 Å². The van der Waals surface area contributed by atoms with Crippen LogP contribution in [0.2, 0.25) is 0 Å². The molecule has 0 fully saturated rings. The van der Waals surface area contributed by atoms with Crippen molar-refractivity contribution in [3.63, 3.8) is 0 Å². The minimum absolute atomic E-state index is 0.537. The van der Waals surface area contributed by atoms with E-state index in [1.54, 1.807) is 0 Å². The van der Waals surface area contributed by atoms with Crippen molar-refractivity contribution in [2.75, 3.05) is 13.2 Å². The van der Waals surface area contributed by atoms with Crippen molar-refractivity contribution in [1.82, 2.24) is 5.32 Å². The second-order valence-corrected chi connectivity index (χ2v) is 6.26. The van der Waals surface area contributed by atoms with Gasteiger partial charge in [0.1, 0.15) is 5.75 Å². The van der Waals surface area contributed by atoms with Crippen LogP contribution in [0.5, 0.6) is 5.75 Å². The highest BCUT2D eigenvalue weighted by molar-refractivity contribution is 9.10. The Morgan fingerprint density at radius 2 is 1.52 bits per heavy atom. The molecule has 0 saturated heterocycles. The van der Waals surface area contributed by atoms with Gasteiger partial charge in [-0.3, -0.25) is 0 Å². The Kier molecular flexibility index (Phi) is 6.27. The summed E-state index contributed by atoms with van der Waals surface area (Å²) >= 11 is 3.45. The van der Waals surface area contributed by atoms with Crippen LogP contribution in [0.15, 0.2) is 53.0 Å². The van der Waals surface area contributed by atoms with Crippen LogP contribution in [0.4, 0.5) is 0 Å². The molecular weight excluding hydrogens is 326 g/mol. The molecule has 0 atom stereocenters. The van der Waals surface area contributed by atoms with Gasteiger partial charge in [-0.2, -0.15) is 0 Å². The van der Waals surface area contributed by atoms with E-state index < -0.39 is 0 Å². The molecule has 0 aliphatic carbocycles. The minimum Gasteiger partial charge on any atom is -0.494 e. The van der Waals surface area contributed by atoms with Crippen molar-refractivity contribution in [1.29, 1.82) is 0 Å². The molecule has 0 bridgehead atoms. The third-order valence-electron chi connectivity index (χ3n) is 3.17. The normalized spacial score (nSPS) is 10.9. The number of nitrogens with one attached hydrogen (secondary N) is 1. The summed E-state index contributed by atoms with van der Waals surface area (Å²) in [5.74, 6) is 0.931. The van der Waals surface area contributed by atoms with Gasteiger partial charge in [0.15, 0.2) is 0 Å². The Morgan fingerprint density at radius 3 is 2.10 bits per heavy atom. The Morgan fingerprint density at radius 1 is 0.952 bits per heavy atom. The molecule has 0 radical (unpaired) electrons. The zero-order valence-corrected chi connectivity index (χ0v) is 14.2. The molecule has 0 spiro atoms. The highest BCUT2D eigenvalue weighted by atomic mass is 79.9. The number of hydrogen-bond acceptors (Lipinski definition) is 2. The summed E-state index contributed by atoms with van der Waals surface area (Å²) in [6, 6.07) is 17.1. The van der Waals surface area contributed by atoms with E-state index in [9.17, 15) is 0 Å². The number of rotatable bonds is 7. The van der Waals surface area contributed by atoms with E-state index in [-0.39, 0.29) is 0 Å². The lowest BCUT2D eigenvalue weighted by molar-refractivity contribution is 0.306. The maximum Gasteiger partial charge on any atom is 0.119 e. The summed E-state index contributed by atoms with van der Waals surface area (Å²) in [5, 5.41) is 3.38. The first-order valence-corrected chi connectivity index (χ1v) is 8.16. The lowest BCUT2D eigenvalue weighted by atomic mass is 10.1. The minimum atomic E-state index is 0.537. The molecule has 2 aromatic carbocycles. The number of benzene rings is 2. The Hall–Kier alpha value is -1.32. The second kappa shape index (κ2) is 8.20. The zero-order valence-electron chi connectivity index (χ0n) is 12.6. The van der Waals surface area contributed by atoms with Crippen LogP contribution in [-0.4, -0.2) is 19.2 Å². The third kappa shape index (κ3) is 5.52. The lowest BCUT2D eigenvalue weighted by Crippen LogP contribution is -2.24. The second-order valence-electron chi connectivity index (χ2n) is 5.34. The van der Waals surface area contributed by atoms with Crippen LogP contribution in [0.3, 0.4) is 0 Å². The summed E-state index contributed by atoms with van der Waals surface area (Å²) in [5.41, 5.74) is 2.42. The van der Waals surface area contributed by atoms with Crippen molar-refractivity contribution < 1.29 is 4.74 Å². The molecule has 0 heterocycles. The van der Waals surface area contributed by atoms with Crippen LogP contribution in [0.1, 0.15) is 20.3 Å². The molecule has 0 aromatic heterocycles. The molecule has 2 rings (SSSR count). The number of ether oxygens (including phenoxy) is 1.